The summed E-state index contributed by atoms with van der Waals surface area (Å²) in [6.45, 7) is 2.20. The maximum absolute atomic E-state index is 5.62. The largest absolute Gasteiger partial charge is 0.497 e. The minimum Gasteiger partial charge on any atom is -0.497 e. The Balaban J connectivity index is 2.48. The summed E-state index contributed by atoms with van der Waals surface area (Å²) in [6.07, 6.45) is 0. The van der Waals surface area contributed by atoms with Gasteiger partial charge >= 0.3 is 0 Å². The van der Waals surface area contributed by atoms with E-state index >= 15 is 0 Å². The number of nitrogens with two attached hydrogens (primary N) is 1. The summed E-state index contributed by atoms with van der Waals surface area (Å²) in [5, 5.41) is 4.30. The maximum atomic E-state index is 5.62. The number of ether oxygens (including phenoxy) is 1. The van der Waals surface area contributed by atoms with Crippen LogP contribution < -0.4 is 10.5 Å². The Morgan fingerprint density at radius 2 is 2.25 bits per heavy atom. The Hall–Kier alpha value is -1.88. The first-order chi connectivity index (χ1) is 7.74. The van der Waals surface area contributed by atoms with Crippen molar-refractivity contribution in [1.29, 1.82) is 0 Å². The lowest BCUT2D eigenvalue weighted by Crippen LogP contribution is -2.07. The Morgan fingerprint density at radius 3 is 2.94 bits per heavy atom. The molecule has 16 heavy (non-hydrogen) atoms. The molecule has 2 N–H and O–H groups in total. The lowest BCUT2D eigenvalue weighted by Gasteiger charge is -2.06. The molecule has 0 fully saturated rings. The molecule has 0 aliphatic heterocycles. The van der Waals surface area contributed by atoms with Gasteiger partial charge in [0.05, 0.1) is 19.3 Å². The van der Waals surface area contributed by atoms with E-state index in [9.17, 15) is 0 Å². The lowest BCUT2D eigenvalue weighted by atomic mass is 10.3. The predicted molar refractivity (Wildman–Crippen MR) is 60.5 cm³/mol. The summed E-state index contributed by atoms with van der Waals surface area (Å²) < 4.78 is 6.90. The molecule has 84 valence electrons. The monoisotopic (exact) mass is 218 g/mol. The van der Waals surface area contributed by atoms with Crippen molar-refractivity contribution in [3.63, 3.8) is 0 Å². The summed E-state index contributed by atoms with van der Waals surface area (Å²) in [4.78, 5) is 4.25. The summed E-state index contributed by atoms with van der Waals surface area (Å²) in [6, 6.07) is 7.63. The van der Waals surface area contributed by atoms with Crippen LogP contribution in [-0.2, 0) is 6.54 Å². The van der Waals surface area contributed by atoms with Crippen LogP contribution in [0.2, 0.25) is 0 Å². The van der Waals surface area contributed by atoms with Crippen molar-refractivity contribution < 1.29 is 4.74 Å². The molecule has 0 saturated heterocycles. The van der Waals surface area contributed by atoms with Crippen LogP contribution in [0.25, 0.3) is 5.69 Å². The van der Waals surface area contributed by atoms with Gasteiger partial charge in [-0.1, -0.05) is 6.07 Å². The zero-order valence-electron chi connectivity index (χ0n) is 9.34. The highest BCUT2D eigenvalue weighted by Crippen LogP contribution is 2.16. The van der Waals surface area contributed by atoms with Gasteiger partial charge in [0.2, 0.25) is 0 Å². The van der Waals surface area contributed by atoms with Crippen molar-refractivity contribution in [2.75, 3.05) is 7.11 Å². The molecule has 1 heterocycles. The highest BCUT2D eigenvalue weighted by atomic mass is 16.5. The van der Waals surface area contributed by atoms with Crippen LogP contribution in [0.15, 0.2) is 24.3 Å². The van der Waals surface area contributed by atoms with Gasteiger partial charge in [-0.15, -0.1) is 0 Å². The fraction of sp³-hybridized carbons (Fsp3) is 0.273. The third kappa shape index (κ3) is 1.90. The number of hydrogen-bond donors (Lipinski definition) is 1. The number of benzene rings is 1. The van der Waals surface area contributed by atoms with Crippen molar-refractivity contribution in [1.82, 2.24) is 14.8 Å². The van der Waals surface area contributed by atoms with E-state index in [1.54, 1.807) is 11.8 Å². The number of aryl methyl sites for hydroxylation is 1. The molecule has 0 unspecified atom stereocenters. The van der Waals surface area contributed by atoms with Crippen molar-refractivity contribution in [3.05, 3.63) is 35.9 Å². The zero-order valence-corrected chi connectivity index (χ0v) is 9.34. The van der Waals surface area contributed by atoms with Gasteiger partial charge in [0.25, 0.3) is 0 Å². The number of aromatic nitrogens is 3. The standard InChI is InChI=1S/C11H14N4O/c1-8-13-11(7-12)15(14-8)9-4-3-5-10(6-9)16-2/h3-6H,7,12H2,1-2H3. The average molecular weight is 218 g/mol. The molecule has 2 rings (SSSR count). The van der Waals surface area contributed by atoms with Gasteiger partial charge < -0.3 is 10.5 Å². The number of rotatable bonds is 3. The predicted octanol–water partition coefficient (Wildman–Crippen LogP) is 1.04. The van der Waals surface area contributed by atoms with E-state index in [0.717, 1.165) is 17.3 Å². The lowest BCUT2D eigenvalue weighted by molar-refractivity contribution is 0.414. The minimum atomic E-state index is 0.359. The topological polar surface area (TPSA) is 66.0 Å². The normalized spacial score (nSPS) is 10.4. The highest BCUT2D eigenvalue weighted by molar-refractivity contribution is 5.39. The van der Waals surface area contributed by atoms with Gasteiger partial charge in [-0.05, 0) is 19.1 Å². The quantitative estimate of drug-likeness (QED) is 0.836. The average Bonchev–Trinajstić information content (AvgIpc) is 2.70. The molecular weight excluding hydrogens is 204 g/mol. The zero-order chi connectivity index (χ0) is 11.5. The van der Waals surface area contributed by atoms with E-state index in [1.165, 1.54) is 0 Å². The van der Waals surface area contributed by atoms with Crippen LogP contribution in [0.3, 0.4) is 0 Å². The second-order valence-corrected chi connectivity index (χ2v) is 3.39. The molecular formula is C11H14N4O. The number of hydrogen-bond acceptors (Lipinski definition) is 4. The van der Waals surface area contributed by atoms with E-state index in [2.05, 4.69) is 10.1 Å². The number of nitrogens with zero attached hydrogens (tertiary/aromatic N) is 3. The molecule has 0 amide bonds. The van der Waals surface area contributed by atoms with Crippen molar-refractivity contribution >= 4 is 0 Å². The van der Waals surface area contributed by atoms with Crippen LogP contribution in [0.1, 0.15) is 11.6 Å². The van der Waals surface area contributed by atoms with E-state index in [1.807, 2.05) is 31.2 Å². The van der Waals surface area contributed by atoms with Gasteiger partial charge in [0, 0.05) is 6.07 Å². The molecule has 0 spiro atoms. The van der Waals surface area contributed by atoms with Gasteiger partial charge in [0.1, 0.15) is 17.4 Å². The van der Waals surface area contributed by atoms with E-state index in [-0.39, 0.29) is 0 Å². The SMILES string of the molecule is COc1cccc(-n2nc(C)nc2CN)c1. The summed E-state index contributed by atoms with van der Waals surface area (Å²) >= 11 is 0. The first-order valence-corrected chi connectivity index (χ1v) is 5.01. The molecule has 5 heteroatoms. The highest BCUT2D eigenvalue weighted by Gasteiger charge is 2.07. The van der Waals surface area contributed by atoms with Gasteiger partial charge in [-0.2, -0.15) is 5.10 Å². The first-order valence-electron chi connectivity index (χ1n) is 5.01. The fourth-order valence-corrected chi connectivity index (χ4v) is 1.54. The molecule has 5 nitrogen and oxygen atoms in total. The minimum absolute atomic E-state index is 0.359. The Bertz CT molecular complexity index is 492. The molecule has 0 aliphatic carbocycles. The summed E-state index contributed by atoms with van der Waals surface area (Å²) in [5.41, 5.74) is 6.52. The van der Waals surface area contributed by atoms with Crippen LogP contribution in [0.4, 0.5) is 0 Å². The van der Waals surface area contributed by atoms with Gasteiger partial charge in [-0.25, -0.2) is 9.67 Å². The van der Waals surface area contributed by atoms with E-state index < -0.39 is 0 Å². The van der Waals surface area contributed by atoms with Crippen LogP contribution in [0.5, 0.6) is 5.75 Å². The Labute approximate surface area is 93.9 Å². The fourth-order valence-electron chi connectivity index (χ4n) is 1.54. The van der Waals surface area contributed by atoms with E-state index in [4.69, 9.17) is 10.5 Å². The van der Waals surface area contributed by atoms with E-state index in [0.29, 0.717) is 12.4 Å². The third-order valence-electron chi connectivity index (χ3n) is 2.26. The maximum Gasteiger partial charge on any atom is 0.148 e. The second kappa shape index (κ2) is 4.32. The van der Waals surface area contributed by atoms with Crippen LogP contribution in [-0.4, -0.2) is 21.9 Å². The van der Waals surface area contributed by atoms with Gasteiger partial charge in [0.15, 0.2) is 0 Å². The molecule has 2 aromatic rings. The van der Waals surface area contributed by atoms with Crippen LogP contribution >= 0.6 is 0 Å². The molecule has 0 aliphatic rings. The van der Waals surface area contributed by atoms with Crippen LogP contribution in [0, 0.1) is 6.92 Å². The van der Waals surface area contributed by atoms with Gasteiger partial charge in [-0.3, -0.25) is 0 Å². The molecule has 1 aromatic carbocycles. The first kappa shape index (κ1) is 10.6. The summed E-state index contributed by atoms with van der Waals surface area (Å²) in [7, 11) is 1.63. The smallest absolute Gasteiger partial charge is 0.148 e. The Morgan fingerprint density at radius 1 is 1.44 bits per heavy atom. The van der Waals surface area contributed by atoms with Crippen molar-refractivity contribution in [3.8, 4) is 11.4 Å². The third-order valence-corrected chi connectivity index (χ3v) is 2.26. The molecule has 1 aromatic heterocycles. The summed E-state index contributed by atoms with van der Waals surface area (Å²) in [5.74, 6) is 2.24. The Kier molecular flexibility index (Phi) is 2.87. The van der Waals surface area contributed by atoms with Crippen molar-refractivity contribution in [2.45, 2.75) is 13.5 Å². The molecule has 0 atom stereocenters. The molecule has 0 saturated carbocycles. The second-order valence-electron chi connectivity index (χ2n) is 3.39. The molecule has 0 bridgehead atoms. The van der Waals surface area contributed by atoms with Crippen molar-refractivity contribution in [2.24, 2.45) is 5.73 Å². The molecule has 0 radical (unpaired) electrons. The number of methoxy groups -OCH3 is 1.